The molecule has 3 amide bonds. The molecule has 1 unspecified atom stereocenters. The van der Waals surface area contributed by atoms with Crippen LogP contribution in [-0.2, 0) is 19.1 Å². The molecule has 1 saturated heterocycles. The molecule has 1 atom stereocenters. The van der Waals surface area contributed by atoms with Crippen molar-refractivity contribution in [3.05, 3.63) is 69.2 Å². The van der Waals surface area contributed by atoms with Gasteiger partial charge in [-0.15, -0.1) is 0 Å². The lowest BCUT2D eigenvalue weighted by molar-refractivity contribution is -0.384. The molecule has 1 aliphatic rings. The van der Waals surface area contributed by atoms with Crippen LogP contribution in [0.2, 0.25) is 5.02 Å². The first kappa shape index (κ1) is 23.3. The lowest BCUT2D eigenvalue weighted by atomic mass is 10.1. The van der Waals surface area contributed by atoms with Gasteiger partial charge in [-0.05, 0) is 24.3 Å². The van der Waals surface area contributed by atoms with Crippen LogP contribution in [0.3, 0.4) is 0 Å². The van der Waals surface area contributed by atoms with Gasteiger partial charge in [0, 0.05) is 25.8 Å². The third-order valence-electron chi connectivity index (χ3n) is 5.04. The van der Waals surface area contributed by atoms with E-state index in [1.54, 1.807) is 30.3 Å². The van der Waals surface area contributed by atoms with Gasteiger partial charge in [-0.3, -0.25) is 24.5 Å². The Balaban J connectivity index is 1.99. The molecule has 11 heteroatoms. The smallest absolute Gasteiger partial charge is 0.288 e. The Kier molecular flexibility index (Phi) is 7.18. The van der Waals surface area contributed by atoms with E-state index in [2.05, 4.69) is 0 Å². The number of benzene rings is 2. The van der Waals surface area contributed by atoms with Crippen molar-refractivity contribution in [3.8, 4) is 0 Å². The molecule has 0 radical (unpaired) electrons. The Morgan fingerprint density at radius 3 is 2.47 bits per heavy atom. The van der Waals surface area contributed by atoms with Crippen molar-refractivity contribution in [2.75, 3.05) is 25.7 Å². The number of halogens is 1. The normalized spacial score (nSPS) is 16.0. The van der Waals surface area contributed by atoms with Crippen molar-refractivity contribution in [1.82, 2.24) is 4.90 Å². The number of rotatable bonds is 8. The maximum absolute atomic E-state index is 13.3. The Morgan fingerprint density at radius 2 is 1.88 bits per heavy atom. The summed E-state index contributed by atoms with van der Waals surface area (Å²) in [4.78, 5) is 51.9. The molecule has 0 spiro atoms. The highest BCUT2D eigenvalue weighted by atomic mass is 35.5. The zero-order valence-electron chi connectivity index (χ0n) is 17.3. The Morgan fingerprint density at radius 1 is 1.22 bits per heavy atom. The van der Waals surface area contributed by atoms with Crippen LogP contribution in [0.1, 0.15) is 16.8 Å². The molecule has 2 aromatic carbocycles. The molecular weight excluding hydrogens is 442 g/mol. The lowest BCUT2D eigenvalue weighted by Crippen LogP contribution is -2.49. The maximum Gasteiger partial charge on any atom is 0.288 e. The summed E-state index contributed by atoms with van der Waals surface area (Å²) in [6.45, 7) is -0.186. The predicted octanol–water partition coefficient (Wildman–Crippen LogP) is 2.64. The number of ether oxygens (including phenoxy) is 2. The number of anilines is 1. The topological polar surface area (TPSA) is 119 Å². The summed E-state index contributed by atoms with van der Waals surface area (Å²) in [5.74, 6) is -1.77. The number of carbonyl (C=O) groups is 3. The SMILES string of the molecule is COC(CN(C(=O)c1ccc(Cl)c([N+](=O)[O-])c1)C1CC(=O)N(c2ccccc2)C1=O)OC. The third kappa shape index (κ3) is 4.62. The van der Waals surface area contributed by atoms with E-state index in [1.807, 2.05) is 0 Å². The van der Waals surface area contributed by atoms with Crippen LogP contribution in [0.15, 0.2) is 48.5 Å². The number of hydrogen-bond acceptors (Lipinski definition) is 7. The number of nitro groups is 1. The van der Waals surface area contributed by atoms with E-state index < -0.39 is 40.7 Å². The maximum atomic E-state index is 13.3. The van der Waals surface area contributed by atoms with Crippen molar-refractivity contribution in [2.24, 2.45) is 0 Å². The highest BCUT2D eigenvalue weighted by molar-refractivity contribution is 6.32. The van der Waals surface area contributed by atoms with Crippen LogP contribution in [-0.4, -0.2) is 60.6 Å². The summed E-state index contributed by atoms with van der Waals surface area (Å²) >= 11 is 5.85. The van der Waals surface area contributed by atoms with Crippen molar-refractivity contribution in [3.63, 3.8) is 0 Å². The second-order valence-electron chi connectivity index (χ2n) is 6.90. The summed E-state index contributed by atoms with van der Waals surface area (Å²) in [6.07, 6.45) is -1.15. The number of para-hydroxylation sites is 1. The number of hydrogen-bond donors (Lipinski definition) is 0. The molecule has 0 N–H and O–H groups in total. The molecule has 2 aromatic rings. The number of nitrogens with zero attached hydrogens (tertiary/aromatic N) is 3. The molecule has 0 saturated carbocycles. The minimum absolute atomic E-state index is 0.0644. The van der Waals surface area contributed by atoms with Crippen LogP contribution in [0, 0.1) is 10.1 Å². The first-order chi connectivity index (χ1) is 15.3. The van der Waals surface area contributed by atoms with E-state index in [4.69, 9.17) is 21.1 Å². The molecule has 1 heterocycles. The minimum atomic E-state index is -1.14. The number of methoxy groups -OCH3 is 2. The molecular formula is C21H20ClN3O7. The monoisotopic (exact) mass is 461 g/mol. The molecule has 10 nitrogen and oxygen atoms in total. The largest absolute Gasteiger partial charge is 0.354 e. The van der Waals surface area contributed by atoms with Gasteiger partial charge in [0.1, 0.15) is 11.1 Å². The van der Waals surface area contributed by atoms with E-state index in [-0.39, 0.29) is 23.6 Å². The Labute approximate surface area is 188 Å². The van der Waals surface area contributed by atoms with E-state index in [0.29, 0.717) is 5.69 Å². The Bertz CT molecular complexity index is 1040. The Hall–Kier alpha value is -3.34. The van der Waals surface area contributed by atoms with Gasteiger partial charge < -0.3 is 14.4 Å². The van der Waals surface area contributed by atoms with Crippen molar-refractivity contribution < 1.29 is 28.8 Å². The molecule has 3 rings (SSSR count). The van der Waals surface area contributed by atoms with E-state index in [9.17, 15) is 24.5 Å². The fourth-order valence-corrected chi connectivity index (χ4v) is 3.60. The number of imide groups is 1. The van der Waals surface area contributed by atoms with Crippen LogP contribution in [0.25, 0.3) is 0 Å². The molecule has 0 aliphatic carbocycles. The number of nitro benzene ring substituents is 1. The predicted molar refractivity (Wildman–Crippen MR) is 114 cm³/mol. The zero-order chi connectivity index (χ0) is 23.4. The van der Waals surface area contributed by atoms with Crippen LogP contribution in [0.4, 0.5) is 11.4 Å². The molecule has 0 aromatic heterocycles. The quantitative estimate of drug-likeness (QED) is 0.256. The fraction of sp³-hybridized carbons (Fsp3) is 0.286. The van der Waals surface area contributed by atoms with Gasteiger partial charge in [-0.25, -0.2) is 4.90 Å². The minimum Gasteiger partial charge on any atom is -0.354 e. The van der Waals surface area contributed by atoms with Gasteiger partial charge in [0.15, 0.2) is 6.29 Å². The van der Waals surface area contributed by atoms with Crippen molar-refractivity contribution in [2.45, 2.75) is 18.8 Å². The second-order valence-corrected chi connectivity index (χ2v) is 7.31. The summed E-state index contributed by atoms with van der Waals surface area (Å²) in [7, 11) is 2.73. The van der Waals surface area contributed by atoms with Gasteiger partial charge in [0.05, 0.1) is 23.6 Å². The number of amides is 3. The highest BCUT2D eigenvalue weighted by Crippen LogP contribution is 2.29. The van der Waals surface area contributed by atoms with Gasteiger partial charge in [-0.1, -0.05) is 29.8 Å². The summed E-state index contributed by atoms with van der Waals surface area (Å²) in [5, 5.41) is 11.1. The van der Waals surface area contributed by atoms with E-state index in [1.165, 1.54) is 26.4 Å². The van der Waals surface area contributed by atoms with Crippen LogP contribution in [0.5, 0.6) is 0 Å². The van der Waals surface area contributed by atoms with Crippen LogP contribution < -0.4 is 4.90 Å². The first-order valence-corrected chi connectivity index (χ1v) is 9.88. The van der Waals surface area contributed by atoms with Gasteiger partial charge in [0.2, 0.25) is 5.91 Å². The average Bonchev–Trinajstić information content (AvgIpc) is 3.08. The van der Waals surface area contributed by atoms with Gasteiger partial charge in [-0.2, -0.15) is 0 Å². The van der Waals surface area contributed by atoms with E-state index in [0.717, 1.165) is 15.9 Å². The van der Waals surface area contributed by atoms with Gasteiger partial charge >= 0.3 is 0 Å². The fourth-order valence-electron chi connectivity index (χ4n) is 3.42. The molecule has 1 aliphatic heterocycles. The summed E-state index contributed by atoms with van der Waals surface area (Å²) < 4.78 is 10.3. The highest BCUT2D eigenvalue weighted by Gasteiger charge is 2.45. The van der Waals surface area contributed by atoms with Crippen molar-refractivity contribution in [1.29, 1.82) is 0 Å². The zero-order valence-corrected chi connectivity index (χ0v) is 18.0. The number of carbonyl (C=O) groups excluding carboxylic acids is 3. The van der Waals surface area contributed by atoms with Crippen LogP contribution >= 0.6 is 11.6 Å². The molecule has 1 fully saturated rings. The standard InChI is InChI=1S/C21H20ClN3O7/c1-31-19(32-2)12-23(20(27)13-8-9-15(22)16(10-13)25(29)30)17-11-18(26)24(21(17)28)14-6-4-3-5-7-14/h3-10,17,19H,11-12H2,1-2H3. The second kappa shape index (κ2) is 9.86. The molecule has 0 bridgehead atoms. The first-order valence-electron chi connectivity index (χ1n) is 9.50. The molecule has 32 heavy (non-hydrogen) atoms. The van der Waals surface area contributed by atoms with Gasteiger partial charge in [0.25, 0.3) is 17.5 Å². The van der Waals surface area contributed by atoms with Crippen molar-refractivity contribution >= 4 is 40.7 Å². The summed E-state index contributed by atoms with van der Waals surface area (Å²) in [5.41, 5.74) is -0.132. The molecule has 168 valence electrons. The van der Waals surface area contributed by atoms with E-state index >= 15 is 0 Å². The lowest BCUT2D eigenvalue weighted by Gasteiger charge is -2.30. The summed E-state index contributed by atoms with van der Waals surface area (Å²) in [6, 6.07) is 10.8. The third-order valence-corrected chi connectivity index (χ3v) is 5.36. The average molecular weight is 462 g/mol.